The van der Waals surface area contributed by atoms with Gasteiger partial charge in [0, 0.05) is 18.7 Å². The second kappa shape index (κ2) is 7.76. The van der Waals surface area contributed by atoms with Gasteiger partial charge in [-0.15, -0.1) is 0 Å². The Hall–Kier alpha value is -2.64. The van der Waals surface area contributed by atoms with E-state index in [9.17, 15) is 19.7 Å². The van der Waals surface area contributed by atoms with E-state index in [1.807, 2.05) is 6.92 Å². The smallest absolute Gasteiger partial charge is 0.310 e. The summed E-state index contributed by atoms with van der Waals surface area (Å²) in [5.74, 6) is -1.52. The number of likely N-dealkylation sites (tertiary alicyclic amines) is 1. The molecule has 1 aromatic carbocycles. The van der Waals surface area contributed by atoms with Gasteiger partial charge in [-0.05, 0) is 25.8 Å². The molecule has 1 aliphatic rings. The van der Waals surface area contributed by atoms with Crippen molar-refractivity contribution in [3.05, 3.63) is 34.4 Å². The molecule has 1 aliphatic heterocycles. The third-order valence-corrected chi connectivity index (χ3v) is 4.19. The van der Waals surface area contributed by atoms with E-state index >= 15 is 0 Å². The first-order chi connectivity index (χ1) is 11.4. The highest BCUT2D eigenvalue weighted by Crippen LogP contribution is 2.26. The van der Waals surface area contributed by atoms with Gasteiger partial charge < -0.3 is 14.7 Å². The maximum atomic E-state index is 12.3. The number of ether oxygens (including phenoxy) is 1. The Morgan fingerprint density at radius 1 is 1.38 bits per heavy atom. The first-order valence-electron chi connectivity index (χ1n) is 7.78. The van der Waals surface area contributed by atoms with Gasteiger partial charge in [-0.3, -0.25) is 19.7 Å². The van der Waals surface area contributed by atoms with Crippen LogP contribution in [0.25, 0.3) is 0 Å². The van der Waals surface area contributed by atoms with Crippen LogP contribution in [0.1, 0.15) is 26.2 Å². The first-order valence-corrected chi connectivity index (χ1v) is 7.78. The summed E-state index contributed by atoms with van der Waals surface area (Å²) in [4.78, 5) is 35.3. The number of nitro benzene ring substituents is 1. The molecule has 24 heavy (non-hydrogen) atoms. The highest BCUT2D eigenvalue weighted by atomic mass is 16.6. The molecular formula is C16H20N2O6. The molecule has 1 amide bonds. The van der Waals surface area contributed by atoms with Crippen LogP contribution in [0.4, 0.5) is 5.69 Å². The molecule has 0 saturated carbocycles. The molecule has 1 heterocycles. The number of carboxylic acid groups (broad SMARTS) is 1. The van der Waals surface area contributed by atoms with Gasteiger partial charge in [0.15, 0.2) is 5.75 Å². The number of benzene rings is 1. The van der Waals surface area contributed by atoms with Crippen LogP contribution in [0.2, 0.25) is 0 Å². The molecule has 2 atom stereocenters. The van der Waals surface area contributed by atoms with Crippen molar-refractivity contribution < 1.29 is 24.4 Å². The molecule has 8 heteroatoms. The fourth-order valence-electron chi connectivity index (χ4n) is 2.78. The summed E-state index contributed by atoms with van der Waals surface area (Å²) >= 11 is 0. The second-order valence-electron chi connectivity index (χ2n) is 5.83. The average Bonchev–Trinajstić information content (AvgIpc) is 2.55. The molecule has 0 bridgehead atoms. The molecule has 2 rings (SSSR count). The van der Waals surface area contributed by atoms with Crippen LogP contribution in [0.5, 0.6) is 5.75 Å². The molecule has 0 radical (unpaired) electrons. The van der Waals surface area contributed by atoms with E-state index in [0.717, 1.165) is 0 Å². The minimum Gasteiger partial charge on any atom is -0.486 e. The number of amides is 1. The summed E-state index contributed by atoms with van der Waals surface area (Å²) < 4.78 is 5.36. The van der Waals surface area contributed by atoms with Gasteiger partial charge in [0.05, 0.1) is 23.9 Å². The number of carboxylic acids is 1. The molecule has 130 valence electrons. The number of nitro groups is 1. The van der Waals surface area contributed by atoms with Gasteiger partial charge in [0.1, 0.15) is 0 Å². The van der Waals surface area contributed by atoms with Gasteiger partial charge in [-0.2, -0.15) is 0 Å². The Morgan fingerprint density at radius 3 is 2.75 bits per heavy atom. The number of para-hydroxylation sites is 2. The highest BCUT2D eigenvalue weighted by Gasteiger charge is 2.32. The minimum absolute atomic E-state index is 0.00461. The van der Waals surface area contributed by atoms with Crippen molar-refractivity contribution in [2.75, 3.05) is 13.2 Å². The van der Waals surface area contributed by atoms with E-state index in [-0.39, 0.29) is 43.0 Å². The van der Waals surface area contributed by atoms with Crippen molar-refractivity contribution in [2.24, 2.45) is 5.92 Å². The normalized spacial score (nSPS) is 20.5. The van der Waals surface area contributed by atoms with E-state index in [0.29, 0.717) is 12.8 Å². The predicted molar refractivity (Wildman–Crippen MR) is 84.7 cm³/mol. The molecule has 2 unspecified atom stereocenters. The van der Waals surface area contributed by atoms with E-state index in [4.69, 9.17) is 9.84 Å². The molecule has 0 aliphatic carbocycles. The fourth-order valence-corrected chi connectivity index (χ4v) is 2.78. The Morgan fingerprint density at radius 2 is 2.08 bits per heavy atom. The van der Waals surface area contributed by atoms with Crippen LogP contribution < -0.4 is 4.74 Å². The number of carbonyl (C=O) groups is 2. The van der Waals surface area contributed by atoms with E-state index < -0.39 is 16.8 Å². The maximum absolute atomic E-state index is 12.3. The van der Waals surface area contributed by atoms with Gasteiger partial charge >= 0.3 is 11.7 Å². The van der Waals surface area contributed by atoms with Crippen molar-refractivity contribution >= 4 is 17.6 Å². The monoisotopic (exact) mass is 336 g/mol. The average molecular weight is 336 g/mol. The fraction of sp³-hybridized carbons (Fsp3) is 0.500. The SMILES string of the molecule is CC1CCC(C(=O)O)CN1C(=O)CCOc1ccccc1[N+](=O)[O-]. The van der Waals surface area contributed by atoms with Gasteiger partial charge in [0.2, 0.25) is 5.91 Å². The standard InChI is InChI=1S/C16H20N2O6/c1-11-6-7-12(16(20)21)10-17(11)15(19)8-9-24-14-5-3-2-4-13(14)18(22)23/h2-5,11-12H,6-10H2,1H3,(H,20,21). The van der Waals surface area contributed by atoms with Gasteiger partial charge in [-0.25, -0.2) is 0 Å². The number of hydrogen-bond donors (Lipinski definition) is 1. The molecule has 1 fully saturated rings. The number of hydrogen-bond acceptors (Lipinski definition) is 5. The summed E-state index contributed by atoms with van der Waals surface area (Å²) in [5.41, 5.74) is -0.151. The number of rotatable bonds is 6. The number of piperidine rings is 1. The van der Waals surface area contributed by atoms with Crippen molar-refractivity contribution in [3.8, 4) is 5.75 Å². The highest BCUT2D eigenvalue weighted by molar-refractivity contribution is 5.78. The van der Waals surface area contributed by atoms with Crippen LogP contribution in [0, 0.1) is 16.0 Å². The molecule has 8 nitrogen and oxygen atoms in total. The molecule has 0 spiro atoms. The van der Waals surface area contributed by atoms with E-state index in [1.165, 1.54) is 18.2 Å². The number of aliphatic carboxylic acids is 1. The van der Waals surface area contributed by atoms with Crippen molar-refractivity contribution in [1.29, 1.82) is 0 Å². The van der Waals surface area contributed by atoms with Crippen LogP contribution in [0.3, 0.4) is 0 Å². The Balaban J connectivity index is 1.91. The predicted octanol–water partition coefficient (Wildman–Crippen LogP) is 2.08. The molecule has 1 N–H and O–H groups in total. The lowest BCUT2D eigenvalue weighted by molar-refractivity contribution is -0.385. The lowest BCUT2D eigenvalue weighted by atomic mass is 9.93. The zero-order chi connectivity index (χ0) is 17.7. The summed E-state index contributed by atoms with van der Waals surface area (Å²) in [7, 11) is 0. The summed E-state index contributed by atoms with van der Waals surface area (Å²) in [6.07, 6.45) is 1.25. The largest absolute Gasteiger partial charge is 0.486 e. The van der Waals surface area contributed by atoms with Gasteiger partial charge in [-0.1, -0.05) is 12.1 Å². The Bertz CT molecular complexity index is 633. The summed E-state index contributed by atoms with van der Waals surface area (Å²) in [6, 6.07) is 5.96. The third kappa shape index (κ3) is 4.21. The van der Waals surface area contributed by atoms with E-state index in [2.05, 4.69) is 0 Å². The Kier molecular flexibility index (Phi) is 5.73. The summed E-state index contributed by atoms with van der Waals surface area (Å²) in [6.45, 7) is 2.09. The van der Waals surface area contributed by atoms with Crippen molar-refractivity contribution in [3.63, 3.8) is 0 Å². The Labute approximate surface area is 139 Å². The van der Waals surface area contributed by atoms with Crippen LogP contribution >= 0.6 is 0 Å². The molecule has 1 saturated heterocycles. The molecular weight excluding hydrogens is 316 g/mol. The quantitative estimate of drug-likeness (QED) is 0.629. The van der Waals surface area contributed by atoms with Gasteiger partial charge in [0.25, 0.3) is 0 Å². The lowest BCUT2D eigenvalue weighted by Crippen LogP contribution is -2.47. The molecule has 1 aromatic rings. The van der Waals surface area contributed by atoms with Crippen LogP contribution in [-0.4, -0.2) is 46.0 Å². The lowest BCUT2D eigenvalue weighted by Gasteiger charge is -2.36. The van der Waals surface area contributed by atoms with E-state index in [1.54, 1.807) is 11.0 Å². The number of carbonyl (C=O) groups excluding carboxylic acids is 1. The van der Waals surface area contributed by atoms with Crippen molar-refractivity contribution in [2.45, 2.75) is 32.2 Å². The van der Waals surface area contributed by atoms with Crippen LogP contribution in [-0.2, 0) is 9.59 Å². The first kappa shape index (κ1) is 17.7. The molecule has 0 aromatic heterocycles. The zero-order valence-corrected chi connectivity index (χ0v) is 13.4. The topological polar surface area (TPSA) is 110 Å². The number of nitrogens with zero attached hydrogens (tertiary/aromatic N) is 2. The van der Waals surface area contributed by atoms with Crippen LogP contribution in [0.15, 0.2) is 24.3 Å². The summed E-state index contributed by atoms with van der Waals surface area (Å²) in [5, 5.41) is 20.0. The third-order valence-electron chi connectivity index (χ3n) is 4.19. The maximum Gasteiger partial charge on any atom is 0.310 e. The second-order valence-corrected chi connectivity index (χ2v) is 5.83. The minimum atomic E-state index is -0.893. The van der Waals surface area contributed by atoms with Crippen molar-refractivity contribution in [1.82, 2.24) is 4.90 Å². The zero-order valence-electron chi connectivity index (χ0n) is 13.4.